The summed E-state index contributed by atoms with van der Waals surface area (Å²) < 4.78 is 5.38. The average molecular weight is 408 g/mol. The van der Waals surface area contributed by atoms with Gasteiger partial charge in [-0.25, -0.2) is 0 Å². The maximum Gasteiger partial charge on any atom is 0.199 e. The summed E-state index contributed by atoms with van der Waals surface area (Å²) in [6.45, 7) is 0. The fraction of sp³-hybridized carbons (Fsp3) is 0.115. The molecule has 0 unspecified atom stereocenters. The van der Waals surface area contributed by atoms with Crippen LogP contribution < -0.4 is 4.74 Å². The van der Waals surface area contributed by atoms with Crippen molar-refractivity contribution in [3.8, 4) is 5.75 Å². The van der Waals surface area contributed by atoms with Crippen LogP contribution in [0.2, 0.25) is 0 Å². The molecule has 0 spiro atoms. The fourth-order valence-electron chi connectivity index (χ4n) is 4.18. The summed E-state index contributed by atoms with van der Waals surface area (Å²) >= 11 is 0. The van der Waals surface area contributed by atoms with Gasteiger partial charge in [0.2, 0.25) is 0 Å². The highest BCUT2D eigenvalue weighted by Crippen LogP contribution is 2.44. The largest absolute Gasteiger partial charge is 0.506 e. The van der Waals surface area contributed by atoms with Crippen LogP contribution >= 0.6 is 0 Å². The number of rotatable bonds is 4. The van der Waals surface area contributed by atoms with E-state index in [9.17, 15) is 9.90 Å². The van der Waals surface area contributed by atoms with Crippen LogP contribution in [0.5, 0.6) is 5.75 Å². The SMILES string of the molecule is COc1cccc([C@@H]2N=NC(C3=C(O)c4ccccc4C3=O)=C[C@H]2c2ccccc2)c1. The van der Waals surface area contributed by atoms with Gasteiger partial charge in [0.25, 0.3) is 0 Å². The number of nitrogens with zero attached hydrogens (tertiary/aromatic N) is 2. The van der Waals surface area contributed by atoms with Crippen LogP contribution in [0, 0.1) is 0 Å². The number of ether oxygens (including phenoxy) is 1. The van der Waals surface area contributed by atoms with E-state index in [0.717, 1.165) is 16.9 Å². The van der Waals surface area contributed by atoms with E-state index in [1.54, 1.807) is 31.4 Å². The molecule has 2 atom stereocenters. The third-order valence-corrected chi connectivity index (χ3v) is 5.73. The first-order valence-corrected chi connectivity index (χ1v) is 10.1. The number of carbonyl (C=O) groups excluding carboxylic acids is 1. The van der Waals surface area contributed by atoms with Crippen molar-refractivity contribution in [1.82, 2.24) is 0 Å². The van der Waals surface area contributed by atoms with Gasteiger partial charge in [0.05, 0.1) is 18.4 Å². The molecule has 0 saturated heterocycles. The summed E-state index contributed by atoms with van der Waals surface area (Å²) in [4.78, 5) is 13.0. The minimum Gasteiger partial charge on any atom is -0.506 e. The standard InChI is InChI=1S/C26H20N2O3/c1-31-18-11-7-10-17(14-18)24-21(16-8-3-2-4-9-16)15-22(27-28-24)23-25(29)19-12-5-6-13-20(19)26(23)30/h2-15,21,24,29H,1H3/t21-,24-/m0/s1. The van der Waals surface area contributed by atoms with Crippen LogP contribution in [-0.2, 0) is 0 Å². The van der Waals surface area contributed by atoms with Crippen LogP contribution in [-0.4, -0.2) is 18.0 Å². The fourth-order valence-corrected chi connectivity index (χ4v) is 4.18. The number of hydrogen-bond donors (Lipinski definition) is 1. The Kier molecular flexibility index (Phi) is 4.71. The Bertz CT molecular complexity index is 1260. The van der Waals surface area contributed by atoms with Gasteiger partial charge in [-0.3, -0.25) is 4.79 Å². The van der Waals surface area contributed by atoms with Crippen molar-refractivity contribution in [2.24, 2.45) is 10.2 Å². The van der Waals surface area contributed by atoms with Crippen LogP contribution in [0.1, 0.15) is 39.0 Å². The van der Waals surface area contributed by atoms with Gasteiger partial charge in [0.15, 0.2) is 5.78 Å². The molecule has 0 fully saturated rings. The second-order valence-electron chi connectivity index (χ2n) is 7.52. The summed E-state index contributed by atoms with van der Waals surface area (Å²) in [5.41, 5.74) is 3.63. The highest BCUT2D eigenvalue weighted by molar-refractivity contribution is 6.22. The molecule has 5 rings (SSSR count). The highest BCUT2D eigenvalue weighted by atomic mass is 16.5. The average Bonchev–Trinajstić information content (AvgIpc) is 3.09. The normalized spacial score (nSPS) is 19.9. The number of hydrogen-bond acceptors (Lipinski definition) is 5. The molecule has 152 valence electrons. The summed E-state index contributed by atoms with van der Waals surface area (Å²) in [5.74, 6) is 0.316. The number of ketones is 1. The lowest BCUT2D eigenvalue weighted by Gasteiger charge is -2.25. The van der Waals surface area contributed by atoms with E-state index in [0.29, 0.717) is 16.8 Å². The molecule has 0 radical (unpaired) electrons. The second-order valence-corrected chi connectivity index (χ2v) is 7.52. The predicted octanol–water partition coefficient (Wildman–Crippen LogP) is 6.04. The Morgan fingerprint density at radius 1 is 0.871 bits per heavy atom. The Balaban J connectivity index is 1.60. The smallest absolute Gasteiger partial charge is 0.199 e. The number of carbonyl (C=O) groups is 1. The number of benzene rings is 3. The van der Waals surface area contributed by atoms with Crippen molar-refractivity contribution in [3.63, 3.8) is 0 Å². The van der Waals surface area contributed by atoms with Crippen LogP contribution in [0.25, 0.3) is 5.76 Å². The molecule has 5 nitrogen and oxygen atoms in total. The molecule has 1 aliphatic carbocycles. The second kappa shape index (κ2) is 7.69. The minimum atomic E-state index is -0.275. The first kappa shape index (κ1) is 19.0. The molecule has 1 N–H and O–H groups in total. The Morgan fingerprint density at radius 2 is 1.58 bits per heavy atom. The van der Waals surface area contributed by atoms with Crippen molar-refractivity contribution < 1.29 is 14.6 Å². The Labute approximate surface area is 180 Å². The lowest BCUT2D eigenvalue weighted by Crippen LogP contribution is -2.13. The van der Waals surface area contributed by atoms with Crippen molar-refractivity contribution >= 4 is 11.5 Å². The van der Waals surface area contributed by atoms with Gasteiger partial charge in [0.1, 0.15) is 17.6 Å². The quantitative estimate of drug-likeness (QED) is 0.572. The molecule has 31 heavy (non-hydrogen) atoms. The van der Waals surface area contributed by atoms with Crippen molar-refractivity contribution in [3.05, 3.63) is 118 Å². The number of aliphatic hydroxyl groups excluding tert-OH is 1. The van der Waals surface area contributed by atoms with Gasteiger partial charge in [-0.1, -0.05) is 66.7 Å². The molecule has 0 amide bonds. The van der Waals surface area contributed by atoms with E-state index in [1.807, 2.05) is 60.7 Å². The molecule has 1 aliphatic heterocycles. The van der Waals surface area contributed by atoms with E-state index in [2.05, 4.69) is 10.2 Å². The van der Waals surface area contributed by atoms with Crippen molar-refractivity contribution in [2.75, 3.05) is 7.11 Å². The van der Waals surface area contributed by atoms with Crippen LogP contribution in [0.3, 0.4) is 0 Å². The van der Waals surface area contributed by atoms with Crippen molar-refractivity contribution in [2.45, 2.75) is 12.0 Å². The van der Waals surface area contributed by atoms with E-state index in [4.69, 9.17) is 4.74 Å². The maximum absolute atomic E-state index is 13.0. The predicted molar refractivity (Wildman–Crippen MR) is 118 cm³/mol. The first-order chi connectivity index (χ1) is 15.2. The van der Waals surface area contributed by atoms with Gasteiger partial charge in [-0.15, -0.1) is 0 Å². The molecular weight excluding hydrogens is 388 g/mol. The molecule has 3 aromatic carbocycles. The molecule has 0 aromatic heterocycles. The summed E-state index contributed by atoms with van der Waals surface area (Å²) in [6, 6.07) is 24.5. The molecule has 5 heteroatoms. The van der Waals surface area contributed by atoms with Gasteiger partial charge >= 0.3 is 0 Å². The van der Waals surface area contributed by atoms with E-state index in [-0.39, 0.29) is 29.1 Å². The lowest BCUT2D eigenvalue weighted by molar-refractivity contribution is 0.103. The lowest BCUT2D eigenvalue weighted by atomic mass is 9.85. The number of aliphatic hydroxyl groups is 1. The Morgan fingerprint density at radius 3 is 2.32 bits per heavy atom. The molecule has 0 saturated carbocycles. The molecule has 1 heterocycles. The third kappa shape index (κ3) is 3.24. The van der Waals surface area contributed by atoms with E-state index < -0.39 is 0 Å². The molecule has 2 aliphatic rings. The summed E-state index contributed by atoms with van der Waals surface area (Å²) in [7, 11) is 1.63. The number of azo groups is 1. The van der Waals surface area contributed by atoms with Crippen LogP contribution in [0.15, 0.2) is 106 Å². The van der Waals surface area contributed by atoms with Crippen molar-refractivity contribution in [1.29, 1.82) is 0 Å². The van der Waals surface area contributed by atoms with Crippen LogP contribution in [0.4, 0.5) is 0 Å². The maximum atomic E-state index is 13.0. The minimum absolute atomic E-state index is 0.0440. The van der Waals surface area contributed by atoms with Gasteiger partial charge < -0.3 is 9.84 Å². The molecule has 3 aromatic rings. The van der Waals surface area contributed by atoms with E-state index in [1.165, 1.54) is 0 Å². The summed E-state index contributed by atoms with van der Waals surface area (Å²) in [6.07, 6.45) is 1.93. The zero-order valence-corrected chi connectivity index (χ0v) is 16.9. The molecule has 0 bridgehead atoms. The van der Waals surface area contributed by atoms with Gasteiger partial charge in [0, 0.05) is 17.0 Å². The van der Waals surface area contributed by atoms with Gasteiger partial charge in [-0.05, 0) is 29.3 Å². The Hall–Kier alpha value is -3.99. The first-order valence-electron chi connectivity index (χ1n) is 10.1. The monoisotopic (exact) mass is 408 g/mol. The highest BCUT2D eigenvalue weighted by Gasteiger charge is 2.35. The summed E-state index contributed by atoms with van der Waals surface area (Å²) in [5, 5.41) is 19.8. The topological polar surface area (TPSA) is 71.2 Å². The molecular formula is C26H20N2O3. The third-order valence-electron chi connectivity index (χ3n) is 5.73. The number of methoxy groups -OCH3 is 1. The van der Waals surface area contributed by atoms with E-state index >= 15 is 0 Å². The zero-order chi connectivity index (χ0) is 21.4. The zero-order valence-electron chi connectivity index (χ0n) is 16.9. The number of Topliss-reactive ketones (excluding diaryl/α,β-unsaturated/α-hetero) is 1. The number of fused-ring (bicyclic) bond motifs is 1. The number of allylic oxidation sites excluding steroid dienone is 1. The van der Waals surface area contributed by atoms with Gasteiger partial charge in [-0.2, -0.15) is 10.2 Å².